The highest BCUT2D eigenvalue weighted by Gasteiger charge is 2.17. The molecule has 0 aromatic heterocycles. The highest BCUT2D eigenvalue weighted by atomic mass is 16.5. The van der Waals surface area contributed by atoms with Crippen LogP contribution >= 0.6 is 0 Å². The summed E-state index contributed by atoms with van der Waals surface area (Å²) in [7, 11) is 1.62. The third-order valence-electron chi connectivity index (χ3n) is 3.61. The van der Waals surface area contributed by atoms with Crippen LogP contribution in [0.3, 0.4) is 0 Å². The van der Waals surface area contributed by atoms with Crippen molar-refractivity contribution in [2.24, 2.45) is 0 Å². The minimum absolute atomic E-state index is 0.0485. The molecule has 22 heavy (non-hydrogen) atoms. The van der Waals surface area contributed by atoms with Crippen LogP contribution in [-0.4, -0.2) is 54.9 Å². The van der Waals surface area contributed by atoms with Crippen LogP contribution in [-0.2, 0) is 9.59 Å². The molecule has 0 N–H and O–H groups in total. The van der Waals surface area contributed by atoms with Gasteiger partial charge in [0.1, 0.15) is 5.75 Å². The van der Waals surface area contributed by atoms with Gasteiger partial charge in [-0.05, 0) is 44.9 Å². The average molecular weight is 306 g/mol. The predicted molar refractivity (Wildman–Crippen MR) is 87.0 cm³/mol. The van der Waals surface area contributed by atoms with Crippen LogP contribution < -0.4 is 4.74 Å². The number of benzene rings is 1. The Balaban J connectivity index is 2.54. The first kappa shape index (κ1) is 18.0. The van der Waals surface area contributed by atoms with Crippen molar-refractivity contribution in [1.82, 2.24) is 9.80 Å². The van der Waals surface area contributed by atoms with E-state index in [1.807, 2.05) is 45.9 Å². The minimum atomic E-state index is -0.207. The summed E-state index contributed by atoms with van der Waals surface area (Å²) in [6.07, 6.45) is 0. The molecule has 0 bridgehead atoms. The number of rotatable bonds is 7. The fraction of sp³-hybridized carbons (Fsp3) is 0.529. The van der Waals surface area contributed by atoms with Gasteiger partial charge in [-0.15, -0.1) is 0 Å². The summed E-state index contributed by atoms with van der Waals surface area (Å²) < 4.78 is 5.58. The number of likely N-dealkylation sites (N-methyl/N-ethyl adjacent to an activating group) is 2. The van der Waals surface area contributed by atoms with Gasteiger partial charge in [-0.1, -0.05) is 12.1 Å². The van der Waals surface area contributed by atoms with Crippen LogP contribution in [0.4, 0.5) is 0 Å². The number of amides is 2. The third kappa shape index (κ3) is 5.06. The Morgan fingerprint density at radius 2 is 1.73 bits per heavy atom. The predicted octanol–water partition coefficient (Wildman–Crippen LogP) is 2.01. The van der Waals surface area contributed by atoms with Crippen molar-refractivity contribution in [2.75, 3.05) is 33.3 Å². The van der Waals surface area contributed by atoms with E-state index in [0.717, 1.165) is 11.1 Å². The zero-order valence-electron chi connectivity index (χ0n) is 14.2. The lowest BCUT2D eigenvalue weighted by atomic mass is 10.1. The lowest BCUT2D eigenvalue weighted by Crippen LogP contribution is -2.42. The second kappa shape index (κ2) is 8.41. The summed E-state index contributed by atoms with van der Waals surface area (Å²) in [6, 6.07) is 5.87. The largest absolute Gasteiger partial charge is 0.483 e. The fourth-order valence-electron chi connectivity index (χ4n) is 2.08. The SMILES string of the molecule is CCN(CC)C(=O)CN(C)C(=O)COc1cc(C)ccc1C. The third-order valence-corrected chi connectivity index (χ3v) is 3.61. The maximum atomic E-state index is 12.1. The highest BCUT2D eigenvalue weighted by Crippen LogP contribution is 2.18. The summed E-state index contributed by atoms with van der Waals surface area (Å²) in [5, 5.41) is 0. The number of carbonyl (C=O) groups excluding carboxylic acids is 2. The molecule has 1 aromatic carbocycles. The molecule has 0 saturated carbocycles. The lowest BCUT2D eigenvalue weighted by Gasteiger charge is -2.23. The molecule has 0 atom stereocenters. The van der Waals surface area contributed by atoms with Crippen molar-refractivity contribution >= 4 is 11.8 Å². The van der Waals surface area contributed by atoms with Crippen molar-refractivity contribution in [3.05, 3.63) is 29.3 Å². The van der Waals surface area contributed by atoms with Gasteiger partial charge >= 0.3 is 0 Å². The van der Waals surface area contributed by atoms with Gasteiger partial charge in [-0.2, -0.15) is 0 Å². The van der Waals surface area contributed by atoms with E-state index in [9.17, 15) is 9.59 Å². The van der Waals surface area contributed by atoms with Crippen molar-refractivity contribution in [1.29, 1.82) is 0 Å². The number of carbonyl (C=O) groups is 2. The maximum absolute atomic E-state index is 12.1. The Hall–Kier alpha value is -2.04. The van der Waals surface area contributed by atoms with E-state index >= 15 is 0 Å². The summed E-state index contributed by atoms with van der Waals surface area (Å²) in [5.74, 6) is 0.450. The van der Waals surface area contributed by atoms with Gasteiger partial charge in [0.15, 0.2) is 6.61 Å². The van der Waals surface area contributed by atoms with Gasteiger partial charge < -0.3 is 14.5 Å². The van der Waals surface area contributed by atoms with E-state index in [0.29, 0.717) is 18.8 Å². The van der Waals surface area contributed by atoms with Crippen molar-refractivity contribution in [3.8, 4) is 5.75 Å². The second-order valence-corrected chi connectivity index (χ2v) is 5.37. The van der Waals surface area contributed by atoms with Gasteiger partial charge in [0.25, 0.3) is 5.91 Å². The molecule has 1 rings (SSSR count). The Morgan fingerprint density at radius 1 is 1.09 bits per heavy atom. The van der Waals surface area contributed by atoms with Crippen LogP contribution in [0.1, 0.15) is 25.0 Å². The minimum Gasteiger partial charge on any atom is -0.483 e. The summed E-state index contributed by atoms with van der Waals surface area (Å²) in [4.78, 5) is 27.2. The van der Waals surface area contributed by atoms with E-state index in [1.165, 1.54) is 4.90 Å². The number of ether oxygens (including phenoxy) is 1. The average Bonchev–Trinajstić information content (AvgIpc) is 2.49. The second-order valence-electron chi connectivity index (χ2n) is 5.37. The summed E-state index contributed by atoms with van der Waals surface area (Å²) >= 11 is 0. The molecule has 0 saturated heterocycles. The van der Waals surface area contributed by atoms with Gasteiger partial charge in [-0.3, -0.25) is 9.59 Å². The molecule has 1 aromatic rings. The van der Waals surface area contributed by atoms with Gasteiger partial charge in [0.2, 0.25) is 5.91 Å². The summed E-state index contributed by atoms with van der Waals surface area (Å²) in [5.41, 5.74) is 2.07. The molecule has 0 aliphatic heterocycles. The highest BCUT2D eigenvalue weighted by molar-refractivity contribution is 5.85. The van der Waals surface area contributed by atoms with E-state index in [2.05, 4.69) is 0 Å². The monoisotopic (exact) mass is 306 g/mol. The molecular weight excluding hydrogens is 280 g/mol. The molecule has 0 aliphatic carbocycles. The molecule has 0 fully saturated rings. The zero-order valence-corrected chi connectivity index (χ0v) is 14.2. The van der Waals surface area contributed by atoms with E-state index < -0.39 is 0 Å². The van der Waals surface area contributed by atoms with Gasteiger partial charge in [0.05, 0.1) is 6.54 Å². The van der Waals surface area contributed by atoms with E-state index in [4.69, 9.17) is 4.74 Å². The van der Waals surface area contributed by atoms with Crippen LogP contribution in [0, 0.1) is 13.8 Å². The van der Waals surface area contributed by atoms with Gasteiger partial charge in [0, 0.05) is 20.1 Å². The normalized spacial score (nSPS) is 10.2. The molecular formula is C17H26N2O3. The first-order chi connectivity index (χ1) is 10.4. The molecule has 0 radical (unpaired) electrons. The van der Waals surface area contributed by atoms with Crippen LogP contribution in [0.5, 0.6) is 5.75 Å². The number of hydrogen-bond donors (Lipinski definition) is 0. The standard InChI is InChI=1S/C17H26N2O3/c1-6-19(7-2)16(20)11-18(5)17(21)12-22-15-10-13(3)8-9-14(15)4/h8-10H,6-7,11-12H2,1-5H3. The molecule has 0 aliphatic rings. The molecule has 0 unspecified atom stereocenters. The first-order valence-electron chi connectivity index (χ1n) is 7.60. The van der Waals surface area contributed by atoms with Crippen molar-refractivity contribution in [2.45, 2.75) is 27.7 Å². The van der Waals surface area contributed by atoms with Crippen LogP contribution in [0.25, 0.3) is 0 Å². The number of aryl methyl sites for hydroxylation is 2. The van der Waals surface area contributed by atoms with E-state index in [1.54, 1.807) is 11.9 Å². The molecule has 0 heterocycles. The van der Waals surface area contributed by atoms with E-state index in [-0.39, 0.29) is 25.0 Å². The quantitative estimate of drug-likeness (QED) is 0.774. The Morgan fingerprint density at radius 3 is 2.32 bits per heavy atom. The topological polar surface area (TPSA) is 49.9 Å². The van der Waals surface area contributed by atoms with Crippen LogP contribution in [0.2, 0.25) is 0 Å². The molecule has 5 heteroatoms. The maximum Gasteiger partial charge on any atom is 0.260 e. The zero-order chi connectivity index (χ0) is 16.7. The Bertz CT molecular complexity index is 525. The van der Waals surface area contributed by atoms with Crippen molar-refractivity contribution < 1.29 is 14.3 Å². The molecule has 122 valence electrons. The number of nitrogens with zero attached hydrogens (tertiary/aromatic N) is 2. The van der Waals surface area contributed by atoms with Crippen molar-refractivity contribution in [3.63, 3.8) is 0 Å². The fourth-order valence-corrected chi connectivity index (χ4v) is 2.08. The Kier molecular flexibility index (Phi) is 6.89. The lowest BCUT2D eigenvalue weighted by molar-refractivity contribution is -0.140. The van der Waals surface area contributed by atoms with Crippen LogP contribution in [0.15, 0.2) is 18.2 Å². The molecule has 5 nitrogen and oxygen atoms in total. The first-order valence-corrected chi connectivity index (χ1v) is 7.60. The smallest absolute Gasteiger partial charge is 0.260 e. The molecule has 2 amide bonds. The Labute approximate surface area is 132 Å². The molecule has 0 spiro atoms. The summed E-state index contributed by atoms with van der Waals surface area (Å²) in [6.45, 7) is 9.07. The van der Waals surface area contributed by atoms with Gasteiger partial charge in [-0.25, -0.2) is 0 Å². The number of hydrogen-bond acceptors (Lipinski definition) is 3.